The second-order valence-corrected chi connectivity index (χ2v) is 3.00. The van der Waals surface area contributed by atoms with E-state index in [9.17, 15) is 0 Å². The van der Waals surface area contributed by atoms with Gasteiger partial charge in [-0.3, -0.25) is 9.98 Å². The number of thiazole rings is 1. The summed E-state index contributed by atoms with van der Waals surface area (Å²) in [5, 5.41) is 0. The summed E-state index contributed by atoms with van der Waals surface area (Å²) in [4.78, 5) is 8.98. The lowest BCUT2D eigenvalue weighted by Gasteiger charge is -1.91. The summed E-state index contributed by atoms with van der Waals surface area (Å²) in [6, 6.07) is 0. The highest BCUT2D eigenvalue weighted by molar-refractivity contribution is 7.09. The highest BCUT2D eigenvalue weighted by Crippen LogP contribution is 2.05. The van der Waals surface area contributed by atoms with Crippen molar-refractivity contribution in [3.05, 3.63) is 16.6 Å². The molecule has 0 aliphatic rings. The molecule has 4 nitrogen and oxygen atoms in total. The van der Waals surface area contributed by atoms with E-state index in [1.165, 1.54) is 4.88 Å². The summed E-state index contributed by atoms with van der Waals surface area (Å²) in [6.45, 7) is 0.643. The molecule has 0 radical (unpaired) electrons. The third-order valence-electron chi connectivity index (χ3n) is 1.14. The number of rotatable bonds is 3. The minimum absolute atomic E-state index is 0.148. The number of hydrogen-bond acceptors (Lipinski definition) is 3. The maximum absolute atomic E-state index is 5.15. The molecule has 0 saturated carbocycles. The zero-order valence-corrected chi connectivity index (χ0v) is 6.84. The molecular weight excluding hydrogens is 160 g/mol. The van der Waals surface area contributed by atoms with Crippen LogP contribution < -0.4 is 11.5 Å². The fourth-order valence-electron chi connectivity index (χ4n) is 0.661. The Morgan fingerprint density at radius 2 is 2.45 bits per heavy atom. The molecule has 0 spiro atoms. The van der Waals surface area contributed by atoms with Gasteiger partial charge < -0.3 is 11.5 Å². The number of guanidine groups is 1. The minimum atomic E-state index is 0.148. The summed E-state index contributed by atoms with van der Waals surface area (Å²) >= 11 is 1.61. The average molecular weight is 170 g/mol. The van der Waals surface area contributed by atoms with E-state index in [1.807, 2.05) is 6.20 Å². The van der Waals surface area contributed by atoms with Crippen LogP contribution in [0.25, 0.3) is 0 Å². The van der Waals surface area contributed by atoms with Crippen LogP contribution in [0, 0.1) is 0 Å². The average Bonchev–Trinajstić information content (AvgIpc) is 2.39. The molecule has 1 aromatic rings. The molecule has 60 valence electrons. The monoisotopic (exact) mass is 170 g/mol. The van der Waals surface area contributed by atoms with Crippen LogP contribution in [0.1, 0.15) is 4.88 Å². The quantitative estimate of drug-likeness (QED) is 0.493. The minimum Gasteiger partial charge on any atom is -0.370 e. The van der Waals surface area contributed by atoms with Crippen LogP contribution in [-0.4, -0.2) is 17.5 Å². The predicted molar refractivity (Wildman–Crippen MR) is 46.5 cm³/mol. The molecule has 11 heavy (non-hydrogen) atoms. The Morgan fingerprint density at radius 1 is 1.64 bits per heavy atom. The summed E-state index contributed by atoms with van der Waals surface area (Å²) in [6.07, 6.45) is 2.69. The molecule has 0 aliphatic heterocycles. The summed E-state index contributed by atoms with van der Waals surface area (Å²) < 4.78 is 0. The van der Waals surface area contributed by atoms with Crippen molar-refractivity contribution < 1.29 is 0 Å². The van der Waals surface area contributed by atoms with Crippen molar-refractivity contribution in [1.29, 1.82) is 0 Å². The molecule has 1 aromatic heterocycles. The second kappa shape index (κ2) is 3.92. The van der Waals surface area contributed by atoms with E-state index in [0.717, 1.165) is 6.42 Å². The number of hydrogen-bond donors (Lipinski definition) is 2. The third kappa shape index (κ3) is 2.99. The van der Waals surface area contributed by atoms with Crippen molar-refractivity contribution in [3.8, 4) is 0 Å². The molecule has 0 aromatic carbocycles. The van der Waals surface area contributed by atoms with Crippen LogP contribution >= 0.6 is 11.3 Å². The number of nitrogens with two attached hydrogens (primary N) is 2. The van der Waals surface area contributed by atoms with Gasteiger partial charge in [0.1, 0.15) is 0 Å². The van der Waals surface area contributed by atoms with E-state index >= 15 is 0 Å². The van der Waals surface area contributed by atoms with Gasteiger partial charge in [-0.05, 0) is 0 Å². The molecule has 0 unspecified atom stereocenters. The Bertz CT molecular complexity index is 225. The first-order chi connectivity index (χ1) is 5.29. The van der Waals surface area contributed by atoms with Gasteiger partial charge in [0.15, 0.2) is 5.96 Å². The molecule has 0 fully saturated rings. The van der Waals surface area contributed by atoms with Gasteiger partial charge in [0.25, 0.3) is 0 Å². The van der Waals surface area contributed by atoms with Gasteiger partial charge in [-0.2, -0.15) is 0 Å². The first-order valence-electron chi connectivity index (χ1n) is 3.22. The Kier molecular flexibility index (Phi) is 2.85. The van der Waals surface area contributed by atoms with Crippen LogP contribution in [0.3, 0.4) is 0 Å². The van der Waals surface area contributed by atoms with Crippen molar-refractivity contribution in [3.63, 3.8) is 0 Å². The molecule has 0 aliphatic carbocycles. The molecule has 1 heterocycles. The van der Waals surface area contributed by atoms with Crippen molar-refractivity contribution in [2.75, 3.05) is 6.54 Å². The smallest absolute Gasteiger partial charge is 0.185 e. The summed E-state index contributed by atoms with van der Waals surface area (Å²) in [7, 11) is 0. The van der Waals surface area contributed by atoms with Crippen molar-refractivity contribution >= 4 is 17.3 Å². The Morgan fingerprint density at radius 3 is 3.00 bits per heavy atom. The summed E-state index contributed by atoms with van der Waals surface area (Å²) in [5.74, 6) is 0.148. The molecule has 5 heteroatoms. The fraction of sp³-hybridized carbons (Fsp3) is 0.333. The van der Waals surface area contributed by atoms with Crippen LogP contribution in [0.4, 0.5) is 0 Å². The molecule has 0 saturated heterocycles. The van der Waals surface area contributed by atoms with E-state index in [0.29, 0.717) is 6.54 Å². The topological polar surface area (TPSA) is 77.3 Å². The maximum atomic E-state index is 5.15. The van der Waals surface area contributed by atoms with Crippen molar-refractivity contribution in [2.24, 2.45) is 16.5 Å². The Labute approximate surface area is 69.0 Å². The molecular formula is C6H10N4S. The van der Waals surface area contributed by atoms with E-state index in [1.54, 1.807) is 16.8 Å². The van der Waals surface area contributed by atoms with Gasteiger partial charge in [0.2, 0.25) is 0 Å². The number of nitrogens with zero attached hydrogens (tertiary/aromatic N) is 2. The number of aromatic nitrogens is 1. The Hall–Kier alpha value is -1.10. The molecule has 0 atom stereocenters. The highest BCUT2D eigenvalue weighted by atomic mass is 32.1. The Balaban J connectivity index is 2.30. The van der Waals surface area contributed by atoms with Gasteiger partial charge in [-0.15, -0.1) is 11.3 Å². The molecule has 0 bridgehead atoms. The second-order valence-electron chi connectivity index (χ2n) is 2.02. The first-order valence-corrected chi connectivity index (χ1v) is 4.10. The van der Waals surface area contributed by atoms with Gasteiger partial charge in [-0.25, -0.2) is 0 Å². The van der Waals surface area contributed by atoms with Gasteiger partial charge in [0, 0.05) is 24.0 Å². The standard InChI is InChI=1S/C6H10N4S/c7-6(8)10-2-1-5-3-9-4-11-5/h3-4H,1-2H2,(H4,7,8,10). The SMILES string of the molecule is NC(N)=NCCc1cncs1. The molecule has 1 rings (SSSR count). The predicted octanol–water partition coefficient (Wildman–Crippen LogP) is -0.0410. The van der Waals surface area contributed by atoms with Crippen LogP contribution in [-0.2, 0) is 6.42 Å². The zero-order chi connectivity index (χ0) is 8.10. The lowest BCUT2D eigenvalue weighted by Crippen LogP contribution is -2.23. The van der Waals surface area contributed by atoms with E-state index < -0.39 is 0 Å². The van der Waals surface area contributed by atoms with E-state index in [4.69, 9.17) is 11.5 Å². The highest BCUT2D eigenvalue weighted by Gasteiger charge is 1.92. The van der Waals surface area contributed by atoms with Crippen molar-refractivity contribution in [1.82, 2.24) is 4.98 Å². The summed E-state index contributed by atoms with van der Waals surface area (Å²) in [5.41, 5.74) is 12.1. The van der Waals surface area contributed by atoms with Crippen LogP contribution in [0.5, 0.6) is 0 Å². The zero-order valence-electron chi connectivity index (χ0n) is 6.03. The lowest BCUT2D eigenvalue weighted by molar-refractivity contribution is 0.976. The van der Waals surface area contributed by atoms with E-state index in [-0.39, 0.29) is 5.96 Å². The van der Waals surface area contributed by atoms with Gasteiger partial charge in [0.05, 0.1) is 5.51 Å². The van der Waals surface area contributed by atoms with Crippen LogP contribution in [0.15, 0.2) is 16.7 Å². The number of aliphatic imine (C=N–C) groups is 1. The van der Waals surface area contributed by atoms with Crippen molar-refractivity contribution in [2.45, 2.75) is 6.42 Å². The normalized spacial score (nSPS) is 9.45. The van der Waals surface area contributed by atoms with Gasteiger partial charge in [-0.1, -0.05) is 0 Å². The largest absolute Gasteiger partial charge is 0.370 e. The molecule has 4 N–H and O–H groups in total. The fourth-order valence-corrected chi connectivity index (χ4v) is 1.25. The maximum Gasteiger partial charge on any atom is 0.185 e. The first kappa shape index (κ1) is 8.00. The van der Waals surface area contributed by atoms with E-state index in [2.05, 4.69) is 9.98 Å². The lowest BCUT2D eigenvalue weighted by atomic mass is 10.4. The third-order valence-corrected chi connectivity index (χ3v) is 1.98. The van der Waals surface area contributed by atoms with Crippen LogP contribution in [0.2, 0.25) is 0 Å². The van der Waals surface area contributed by atoms with Gasteiger partial charge >= 0.3 is 0 Å². The molecule has 0 amide bonds.